The van der Waals surface area contributed by atoms with Crippen molar-refractivity contribution in [3.05, 3.63) is 50.4 Å². The van der Waals surface area contributed by atoms with Crippen molar-refractivity contribution in [3.8, 4) is 0 Å². The summed E-state index contributed by atoms with van der Waals surface area (Å²) in [6.07, 6.45) is 3.37. The summed E-state index contributed by atoms with van der Waals surface area (Å²) in [4.78, 5) is 16.8. The SMILES string of the molecule is Cn1ncc(I)c1C(=O)Nc1ccc(Br)c2cccnc12. The molecular formula is C14H10BrIN4O. The number of nitrogens with one attached hydrogen (secondary N) is 1. The van der Waals surface area contributed by atoms with Gasteiger partial charge in [-0.05, 0) is 40.8 Å². The summed E-state index contributed by atoms with van der Waals surface area (Å²) in [6, 6.07) is 7.55. The Balaban J connectivity index is 2.03. The van der Waals surface area contributed by atoms with Crippen LogP contribution in [0, 0.1) is 3.57 Å². The van der Waals surface area contributed by atoms with Gasteiger partial charge >= 0.3 is 0 Å². The van der Waals surface area contributed by atoms with Crippen molar-refractivity contribution in [3.63, 3.8) is 0 Å². The number of nitrogens with zero attached hydrogens (tertiary/aromatic N) is 3. The summed E-state index contributed by atoms with van der Waals surface area (Å²) in [5, 5.41) is 7.94. The lowest BCUT2D eigenvalue weighted by molar-refractivity contribution is 0.101. The van der Waals surface area contributed by atoms with E-state index in [0.29, 0.717) is 11.4 Å². The van der Waals surface area contributed by atoms with E-state index in [-0.39, 0.29) is 5.91 Å². The minimum atomic E-state index is -0.200. The van der Waals surface area contributed by atoms with E-state index in [0.717, 1.165) is 18.9 Å². The minimum Gasteiger partial charge on any atom is -0.319 e. The van der Waals surface area contributed by atoms with Crippen LogP contribution in [0.1, 0.15) is 10.5 Å². The molecule has 0 spiro atoms. The Bertz CT molecular complexity index is 827. The number of pyridine rings is 1. The van der Waals surface area contributed by atoms with Crippen LogP contribution in [0.25, 0.3) is 10.9 Å². The lowest BCUT2D eigenvalue weighted by atomic mass is 10.2. The third-order valence-electron chi connectivity index (χ3n) is 3.07. The second-order valence-electron chi connectivity index (χ2n) is 4.41. The van der Waals surface area contributed by atoms with E-state index >= 15 is 0 Å². The van der Waals surface area contributed by atoms with Crippen molar-refractivity contribution in [1.82, 2.24) is 14.8 Å². The Morgan fingerprint density at radius 3 is 2.90 bits per heavy atom. The van der Waals surface area contributed by atoms with Gasteiger partial charge in [-0.25, -0.2) is 0 Å². The maximum atomic E-state index is 12.4. The van der Waals surface area contributed by atoms with Crippen LogP contribution in [-0.4, -0.2) is 20.7 Å². The van der Waals surface area contributed by atoms with Gasteiger partial charge in [0.15, 0.2) is 0 Å². The van der Waals surface area contributed by atoms with Gasteiger partial charge in [-0.1, -0.05) is 22.0 Å². The molecule has 1 aromatic carbocycles. The van der Waals surface area contributed by atoms with E-state index in [9.17, 15) is 4.79 Å². The zero-order valence-corrected chi connectivity index (χ0v) is 14.7. The van der Waals surface area contributed by atoms with E-state index in [1.165, 1.54) is 0 Å². The van der Waals surface area contributed by atoms with Crippen LogP contribution in [0.3, 0.4) is 0 Å². The second-order valence-corrected chi connectivity index (χ2v) is 6.43. The van der Waals surface area contributed by atoms with Crippen LogP contribution in [0.4, 0.5) is 5.69 Å². The molecule has 0 fully saturated rings. The van der Waals surface area contributed by atoms with Gasteiger partial charge in [0.1, 0.15) is 5.69 Å². The Morgan fingerprint density at radius 1 is 1.38 bits per heavy atom. The van der Waals surface area contributed by atoms with Gasteiger partial charge in [-0.2, -0.15) is 5.10 Å². The molecule has 2 aromatic heterocycles. The monoisotopic (exact) mass is 456 g/mol. The number of aromatic nitrogens is 3. The molecule has 5 nitrogen and oxygen atoms in total. The Morgan fingerprint density at radius 2 is 2.19 bits per heavy atom. The molecule has 1 amide bonds. The van der Waals surface area contributed by atoms with Gasteiger partial charge in [0.25, 0.3) is 5.91 Å². The molecule has 3 rings (SSSR count). The number of hydrogen-bond acceptors (Lipinski definition) is 3. The summed E-state index contributed by atoms with van der Waals surface area (Å²) in [7, 11) is 1.75. The Labute approximate surface area is 143 Å². The molecule has 0 saturated carbocycles. The van der Waals surface area contributed by atoms with E-state index in [1.807, 2.05) is 24.3 Å². The highest BCUT2D eigenvalue weighted by Gasteiger charge is 2.16. The van der Waals surface area contributed by atoms with E-state index in [1.54, 1.807) is 24.1 Å². The van der Waals surface area contributed by atoms with Crippen LogP contribution in [0.2, 0.25) is 0 Å². The van der Waals surface area contributed by atoms with E-state index in [2.05, 4.69) is 53.9 Å². The number of rotatable bonds is 2. The molecule has 1 N–H and O–H groups in total. The molecular weight excluding hydrogens is 447 g/mol. The van der Waals surface area contributed by atoms with Crippen molar-refractivity contribution in [2.75, 3.05) is 5.32 Å². The molecule has 106 valence electrons. The highest BCUT2D eigenvalue weighted by atomic mass is 127. The number of hydrogen-bond donors (Lipinski definition) is 1. The standard InChI is InChI=1S/C14H10BrIN4O/c1-20-13(10(16)7-18-20)14(21)19-11-5-4-9(15)8-3-2-6-17-12(8)11/h2-7H,1H3,(H,19,21). The third kappa shape index (κ3) is 2.67. The molecule has 7 heteroatoms. The average molecular weight is 457 g/mol. The number of amides is 1. The van der Waals surface area contributed by atoms with Gasteiger partial charge in [0.2, 0.25) is 0 Å². The summed E-state index contributed by atoms with van der Waals surface area (Å²) >= 11 is 5.59. The number of benzene rings is 1. The maximum Gasteiger partial charge on any atom is 0.275 e. The van der Waals surface area contributed by atoms with Crippen molar-refractivity contribution in [1.29, 1.82) is 0 Å². The van der Waals surface area contributed by atoms with Gasteiger partial charge < -0.3 is 5.32 Å². The number of carbonyl (C=O) groups is 1. The second kappa shape index (κ2) is 5.72. The number of anilines is 1. The van der Waals surface area contributed by atoms with Gasteiger partial charge in [-0.15, -0.1) is 0 Å². The normalized spacial score (nSPS) is 10.8. The van der Waals surface area contributed by atoms with Crippen molar-refractivity contribution < 1.29 is 4.79 Å². The van der Waals surface area contributed by atoms with Crippen LogP contribution in [-0.2, 0) is 7.05 Å². The smallest absolute Gasteiger partial charge is 0.275 e. The number of halogens is 2. The van der Waals surface area contributed by atoms with E-state index < -0.39 is 0 Å². The van der Waals surface area contributed by atoms with E-state index in [4.69, 9.17) is 0 Å². The lowest BCUT2D eigenvalue weighted by Crippen LogP contribution is -2.17. The predicted octanol–water partition coefficient (Wildman–Crippen LogP) is 3.59. The molecule has 2 heterocycles. The molecule has 0 aliphatic carbocycles. The number of aryl methyl sites for hydroxylation is 1. The van der Waals surface area contributed by atoms with Crippen LogP contribution < -0.4 is 5.32 Å². The summed E-state index contributed by atoms with van der Waals surface area (Å²) in [6.45, 7) is 0. The van der Waals surface area contributed by atoms with Crippen LogP contribution >= 0.6 is 38.5 Å². The molecule has 0 atom stereocenters. The van der Waals surface area contributed by atoms with Crippen LogP contribution in [0.5, 0.6) is 0 Å². The molecule has 0 aliphatic rings. The predicted molar refractivity (Wildman–Crippen MR) is 93.3 cm³/mol. The molecule has 3 aromatic rings. The fourth-order valence-corrected chi connectivity index (χ4v) is 3.26. The molecule has 0 radical (unpaired) electrons. The fraction of sp³-hybridized carbons (Fsp3) is 0.0714. The first-order chi connectivity index (χ1) is 10.1. The zero-order valence-electron chi connectivity index (χ0n) is 11.0. The summed E-state index contributed by atoms with van der Waals surface area (Å²) < 4.78 is 3.31. The highest BCUT2D eigenvalue weighted by Crippen LogP contribution is 2.28. The fourth-order valence-electron chi connectivity index (χ4n) is 2.09. The first-order valence-electron chi connectivity index (χ1n) is 6.10. The minimum absolute atomic E-state index is 0.200. The molecule has 0 bridgehead atoms. The van der Waals surface area contributed by atoms with Crippen LogP contribution in [0.15, 0.2) is 41.1 Å². The zero-order chi connectivity index (χ0) is 15.0. The quantitative estimate of drug-likeness (QED) is 0.599. The first kappa shape index (κ1) is 14.5. The Hall–Kier alpha value is -1.48. The largest absolute Gasteiger partial charge is 0.319 e. The average Bonchev–Trinajstić information content (AvgIpc) is 2.81. The van der Waals surface area contributed by atoms with Crippen molar-refractivity contribution in [2.24, 2.45) is 7.05 Å². The number of fused-ring (bicyclic) bond motifs is 1. The van der Waals surface area contributed by atoms with Gasteiger partial charge in [0, 0.05) is 23.1 Å². The lowest BCUT2D eigenvalue weighted by Gasteiger charge is -2.09. The molecule has 21 heavy (non-hydrogen) atoms. The number of carbonyl (C=O) groups excluding carboxylic acids is 1. The van der Waals surface area contributed by atoms with Crippen molar-refractivity contribution in [2.45, 2.75) is 0 Å². The van der Waals surface area contributed by atoms with Crippen molar-refractivity contribution >= 4 is 61.0 Å². The molecule has 0 unspecified atom stereocenters. The third-order valence-corrected chi connectivity index (χ3v) is 4.55. The molecule has 0 aliphatic heterocycles. The maximum absolute atomic E-state index is 12.4. The van der Waals surface area contributed by atoms with Gasteiger partial charge in [0.05, 0.1) is 21.0 Å². The summed E-state index contributed by atoms with van der Waals surface area (Å²) in [5.41, 5.74) is 1.95. The topological polar surface area (TPSA) is 59.8 Å². The first-order valence-corrected chi connectivity index (χ1v) is 7.97. The highest BCUT2D eigenvalue weighted by molar-refractivity contribution is 14.1. The Kier molecular flexibility index (Phi) is 3.94. The summed E-state index contributed by atoms with van der Waals surface area (Å²) in [5.74, 6) is -0.200. The van der Waals surface area contributed by atoms with Gasteiger partial charge in [-0.3, -0.25) is 14.5 Å². The molecule has 0 saturated heterocycles.